The summed E-state index contributed by atoms with van der Waals surface area (Å²) in [5, 5.41) is 6.57. The van der Waals surface area contributed by atoms with Crippen LogP contribution < -0.4 is 10.6 Å². The van der Waals surface area contributed by atoms with Crippen molar-refractivity contribution in [3.63, 3.8) is 0 Å². The Balaban J connectivity index is 2.27. The fourth-order valence-electron chi connectivity index (χ4n) is 2.40. The first-order valence-electron chi connectivity index (χ1n) is 8.65. The molecule has 0 fully saturated rings. The standard InChI is InChI=1S/C19H29ClN4O/c1-4-5-6-7-10-15-24(3)19(21-2)23-14-13-22-18(25)16-11-8-9-12-17(16)20/h4,8-9,11-12H,1,5-7,10,13-15H2,2-3H3,(H,21,23)(H,22,25). The predicted octanol–water partition coefficient (Wildman–Crippen LogP) is 3.32. The number of hydrogen-bond acceptors (Lipinski definition) is 2. The lowest BCUT2D eigenvalue weighted by Gasteiger charge is -2.22. The molecule has 0 saturated heterocycles. The molecule has 0 heterocycles. The number of allylic oxidation sites excluding steroid dienone is 1. The largest absolute Gasteiger partial charge is 0.354 e. The van der Waals surface area contributed by atoms with E-state index in [1.807, 2.05) is 13.1 Å². The zero-order chi connectivity index (χ0) is 18.5. The normalized spacial score (nSPS) is 11.1. The molecular weight excluding hydrogens is 336 g/mol. The first-order valence-corrected chi connectivity index (χ1v) is 9.03. The monoisotopic (exact) mass is 364 g/mol. The van der Waals surface area contributed by atoms with Crippen molar-refractivity contribution in [2.24, 2.45) is 4.99 Å². The van der Waals surface area contributed by atoms with Crippen LogP contribution in [0.25, 0.3) is 0 Å². The van der Waals surface area contributed by atoms with Crippen LogP contribution in [0.5, 0.6) is 0 Å². The second-order valence-electron chi connectivity index (χ2n) is 5.77. The van der Waals surface area contributed by atoms with Crippen LogP contribution in [-0.4, -0.2) is 50.5 Å². The van der Waals surface area contributed by atoms with E-state index in [-0.39, 0.29) is 5.91 Å². The molecule has 0 unspecified atom stereocenters. The van der Waals surface area contributed by atoms with Crippen LogP contribution in [0.15, 0.2) is 41.9 Å². The van der Waals surface area contributed by atoms with E-state index in [0.29, 0.717) is 23.7 Å². The van der Waals surface area contributed by atoms with Gasteiger partial charge >= 0.3 is 0 Å². The van der Waals surface area contributed by atoms with Crippen LogP contribution in [0, 0.1) is 0 Å². The van der Waals surface area contributed by atoms with Crippen LogP contribution in [0.2, 0.25) is 5.02 Å². The SMILES string of the molecule is C=CCCCCCN(C)C(=NC)NCCNC(=O)c1ccccc1Cl. The van der Waals surface area contributed by atoms with Crippen molar-refractivity contribution in [3.05, 3.63) is 47.5 Å². The smallest absolute Gasteiger partial charge is 0.252 e. The molecule has 25 heavy (non-hydrogen) atoms. The van der Waals surface area contributed by atoms with Crippen molar-refractivity contribution >= 4 is 23.5 Å². The Labute approximate surface area is 156 Å². The molecule has 0 bridgehead atoms. The average Bonchev–Trinajstić information content (AvgIpc) is 2.61. The van der Waals surface area contributed by atoms with Crippen molar-refractivity contribution in [1.82, 2.24) is 15.5 Å². The maximum atomic E-state index is 12.1. The lowest BCUT2D eigenvalue weighted by Crippen LogP contribution is -2.42. The van der Waals surface area contributed by atoms with Crippen molar-refractivity contribution in [3.8, 4) is 0 Å². The second kappa shape index (κ2) is 12.4. The summed E-state index contributed by atoms with van der Waals surface area (Å²) in [5.74, 6) is 0.661. The summed E-state index contributed by atoms with van der Waals surface area (Å²) in [7, 11) is 3.78. The molecule has 1 rings (SSSR count). The van der Waals surface area contributed by atoms with Crippen LogP contribution in [0.4, 0.5) is 0 Å². The summed E-state index contributed by atoms with van der Waals surface area (Å²) in [6, 6.07) is 7.02. The maximum absolute atomic E-state index is 12.1. The Kier molecular flexibility index (Phi) is 10.4. The van der Waals surface area contributed by atoms with E-state index in [9.17, 15) is 4.79 Å². The van der Waals surface area contributed by atoms with Crippen LogP contribution >= 0.6 is 11.6 Å². The van der Waals surface area contributed by atoms with Gasteiger partial charge in [0.15, 0.2) is 5.96 Å². The van der Waals surface area contributed by atoms with E-state index in [1.54, 1.807) is 31.3 Å². The Morgan fingerprint density at radius 3 is 2.64 bits per heavy atom. The molecule has 0 radical (unpaired) electrons. The van der Waals surface area contributed by atoms with Gasteiger partial charge in [0.05, 0.1) is 10.6 Å². The lowest BCUT2D eigenvalue weighted by molar-refractivity contribution is 0.0954. The number of nitrogens with one attached hydrogen (secondary N) is 2. The lowest BCUT2D eigenvalue weighted by atomic mass is 10.2. The van der Waals surface area contributed by atoms with Crippen molar-refractivity contribution in [2.75, 3.05) is 33.7 Å². The summed E-state index contributed by atoms with van der Waals surface area (Å²) in [6.07, 6.45) is 6.51. The van der Waals surface area contributed by atoms with E-state index < -0.39 is 0 Å². The molecule has 2 N–H and O–H groups in total. The van der Waals surface area contributed by atoms with Gasteiger partial charge in [0, 0.05) is 33.7 Å². The fourth-order valence-corrected chi connectivity index (χ4v) is 2.62. The highest BCUT2D eigenvalue weighted by Crippen LogP contribution is 2.14. The molecule has 0 atom stereocenters. The van der Waals surface area contributed by atoms with Gasteiger partial charge < -0.3 is 15.5 Å². The third-order valence-corrected chi connectivity index (χ3v) is 4.12. The molecular formula is C19H29ClN4O. The zero-order valence-electron chi connectivity index (χ0n) is 15.2. The van der Waals surface area contributed by atoms with Crippen molar-refractivity contribution < 1.29 is 4.79 Å². The highest BCUT2D eigenvalue weighted by atomic mass is 35.5. The summed E-state index contributed by atoms with van der Waals surface area (Å²) in [5.41, 5.74) is 0.491. The number of carbonyl (C=O) groups is 1. The molecule has 1 aromatic carbocycles. The number of benzene rings is 1. The minimum atomic E-state index is -0.169. The van der Waals surface area contributed by atoms with Crippen LogP contribution in [0.3, 0.4) is 0 Å². The molecule has 1 amide bonds. The van der Waals surface area contributed by atoms with Gasteiger partial charge in [-0.25, -0.2) is 0 Å². The molecule has 0 aliphatic rings. The number of hydrogen-bond donors (Lipinski definition) is 2. The van der Waals surface area contributed by atoms with Gasteiger partial charge in [0.2, 0.25) is 0 Å². The molecule has 138 valence electrons. The number of unbranched alkanes of at least 4 members (excludes halogenated alkanes) is 3. The minimum Gasteiger partial charge on any atom is -0.354 e. The van der Waals surface area contributed by atoms with Gasteiger partial charge in [0.25, 0.3) is 5.91 Å². The van der Waals surface area contributed by atoms with Gasteiger partial charge in [-0.05, 0) is 31.4 Å². The number of aliphatic imine (C=N–C) groups is 1. The summed E-state index contributed by atoms with van der Waals surface area (Å²) in [4.78, 5) is 18.4. The first kappa shape index (κ1) is 21.0. The highest BCUT2D eigenvalue weighted by molar-refractivity contribution is 6.33. The zero-order valence-corrected chi connectivity index (χ0v) is 16.0. The summed E-state index contributed by atoms with van der Waals surface area (Å²) < 4.78 is 0. The Morgan fingerprint density at radius 1 is 1.24 bits per heavy atom. The van der Waals surface area contributed by atoms with Gasteiger partial charge in [0.1, 0.15) is 0 Å². The number of rotatable bonds is 10. The molecule has 1 aromatic rings. The number of guanidine groups is 1. The van der Waals surface area contributed by atoms with Gasteiger partial charge in [-0.1, -0.05) is 36.2 Å². The molecule has 0 spiro atoms. The Morgan fingerprint density at radius 2 is 1.96 bits per heavy atom. The quantitative estimate of drug-likeness (QED) is 0.290. The van der Waals surface area contributed by atoms with E-state index in [1.165, 1.54) is 12.8 Å². The third kappa shape index (κ3) is 8.07. The number of amides is 1. The second-order valence-corrected chi connectivity index (χ2v) is 6.18. The van der Waals surface area contributed by atoms with Crippen LogP contribution in [-0.2, 0) is 0 Å². The van der Waals surface area contributed by atoms with Gasteiger partial charge in [-0.2, -0.15) is 0 Å². The fraction of sp³-hybridized carbons (Fsp3) is 0.474. The molecule has 6 heteroatoms. The van der Waals surface area contributed by atoms with E-state index in [2.05, 4.69) is 27.1 Å². The van der Waals surface area contributed by atoms with Crippen molar-refractivity contribution in [1.29, 1.82) is 0 Å². The number of nitrogens with zero attached hydrogens (tertiary/aromatic N) is 2. The summed E-state index contributed by atoms with van der Waals surface area (Å²) in [6.45, 7) is 5.78. The molecule has 0 aliphatic carbocycles. The average molecular weight is 365 g/mol. The highest BCUT2D eigenvalue weighted by Gasteiger charge is 2.09. The number of halogens is 1. The summed E-state index contributed by atoms with van der Waals surface area (Å²) >= 11 is 6.02. The Hall–Kier alpha value is -2.01. The first-order chi connectivity index (χ1) is 12.1. The predicted molar refractivity (Wildman–Crippen MR) is 106 cm³/mol. The van der Waals surface area contributed by atoms with E-state index in [4.69, 9.17) is 11.6 Å². The van der Waals surface area contributed by atoms with E-state index >= 15 is 0 Å². The molecule has 0 aromatic heterocycles. The number of carbonyl (C=O) groups excluding carboxylic acids is 1. The van der Waals surface area contributed by atoms with Crippen molar-refractivity contribution in [2.45, 2.75) is 25.7 Å². The molecule has 5 nitrogen and oxygen atoms in total. The molecule has 0 aliphatic heterocycles. The maximum Gasteiger partial charge on any atom is 0.252 e. The van der Waals surface area contributed by atoms with Gasteiger partial charge in [-0.3, -0.25) is 9.79 Å². The Bertz CT molecular complexity index is 574. The topological polar surface area (TPSA) is 56.7 Å². The molecule has 0 saturated carbocycles. The van der Waals surface area contributed by atoms with Crippen LogP contribution in [0.1, 0.15) is 36.0 Å². The third-order valence-electron chi connectivity index (χ3n) is 3.79. The minimum absolute atomic E-state index is 0.169. The van der Waals surface area contributed by atoms with E-state index in [0.717, 1.165) is 25.3 Å². The van der Waals surface area contributed by atoms with Gasteiger partial charge in [-0.15, -0.1) is 6.58 Å².